The fourth-order valence-electron chi connectivity index (χ4n) is 2.49. The first-order valence-corrected chi connectivity index (χ1v) is 8.44. The van der Waals surface area contributed by atoms with Crippen molar-refractivity contribution in [2.45, 2.75) is 38.6 Å². The normalized spacial score (nSPS) is 21.0. The molecule has 1 fully saturated rings. The molecule has 0 aliphatic carbocycles. The lowest BCUT2D eigenvalue weighted by molar-refractivity contribution is 0.265. The van der Waals surface area contributed by atoms with Gasteiger partial charge in [-0.05, 0) is 43.9 Å². The molecule has 1 saturated heterocycles. The summed E-state index contributed by atoms with van der Waals surface area (Å²) < 4.78 is 41.3. The zero-order valence-corrected chi connectivity index (χ0v) is 12.5. The van der Waals surface area contributed by atoms with Crippen LogP contribution in [0.2, 0.25) is 0 Å². The van der Waals surface area contributed by atoms with Crippen LogP contribution in [0.25, 0.3) is 0 Å². The molecule has 112 valence electrons. The van der Waals surface area contributed by atoms with Crippen molar-refractivity contribution < 1.29 is 12.8 Å². The predicted octanol–water partition coefficient (Wildman–Crippen LogP) is 2.08. The van der Waals surface area contributed by atoms with Crippen molar-refractivity contribution in [2.24, 2.45) is 0 Å². The molecule has 1 aliphatic rings. The number of nitrogens with zero attached hydrogens (tertiary/aromatic N) is 1. The molecule has 0 spiro atoms. The molecule has 20 heavy (non-hydrogen) atoms. The van der Waals surface area contributed by atoms with Gasteiger partial charge in [-0.3, -0.25) is 0 Å². The average molecular weight is 300 g/mol. The van der Waals surface area contributed by atoms with Crippen LogP contribution in [0.15, 0.2) is 24.3 Å². The van der Waals surface area contributed by atoms with Gasteiger partial charge in [-0.2, -0.15) is 12.7 Å². The Hall–Kier alpha value is -0.980. The second-order valence-corrected chi connectivity index (χ2v) is 6.94. The van der Waals surface area contributed by atoms with Crippen LogP contribution in [-0.2, 0) is 16.6 Å². The van der Waals surface area contributed by atoms with Crippen molar-refractivity contribution in [2.75, 3.05) is 13.1 Å². The number of benzene rings is 1. The molecular formula is C14H21FN2O2S. The van der Waals surface area contributed by atoms with E-state index in [0.29, 0.717) is 19.5 Å². The summed E-state index contributed by atoms with van der Waals surface area (Å²) in [7, 11) is -3.40. The molecule has 0 radical (unpaired) electrons. The summed E-state index contributed by atoms with van der Waals surface area (Å²) in [6, 6.07) is 6.18. The van der Waals surface area contributed by atoms with Crippen LogP contribution in [0.4, 0.5) is 4.39 Å². The predicted molar refractivity (Wildman–Crippen MR) is 77.0 cm³/mol. The van der Waals surface area contributed by atoms with Crippen LogP contribution in [0.5, 0.6) is 0 Å². The van der Waals surface area contributed by atoms with E-state index < -0.39 is 10.2 Å². The summed E-state index contributed by atoms with van der Waals surface area (Å²) in [6.07, 6.45) is 3.48. The quantitative estimate of drug-likeness (QED) is 0.905. The van der Waals surface area contributed by atoms with Crippen molar-refractivity contribution in [3.63, 3.8) is 0 Å². The number of nitrogens with one attached hydrogen (secondary N) is 1. The minimum atomic E-state index is -3.40. The molecule has 6 heteroatoms. The maximum Gasteiger partial charge on any atom is 0.279 e. The maximum atomic E-state index is 12.8. The molecule has 0 amide bonds. The van der Waals surface area contributed by atoms with E-state index in [1.54, 1.807) is 16.4 Å². The van der Waals surface area contributed by atoms with Gasteiger partial charge in [0, 0.05) is 19.1 Å². The van der Waals surface area contributed by atoms with Gasteiger partial charge in [0.15, 0.2) is 0 Å². The number of piperidine rings is 1. The Morgan fingerprint density at radius 3 is 2.65 bits per heavy atom. The Kier molecular flexibility index (Phi) is 5.12. The Bertz CT molecular complexity index is 531. The van der Waals surface area contributed by atoms with Crippen molar-refractivity contribution in [3.8, 4) is 0 Å². The van der Waals surface area contributed by atoms with Crippen molar-refractivity contribution in [3.05, 3.63) is 35.6 Å². The third-order valence-corrected chi connectivity index (χ3v) is 5.39. The molecule has 1 aromatic carbocycles. The molecule has 1 heterocycles. The molecule has 0 aromatic heterocycles. The van der Waals surface area contributed by atoms with E-state index in [1.807, 2.05) is 6.92 Å². The highest BCUT2D eigenvalue weighted by molar-refractivity contribution is 7.87. The van der Waals surface area contributed by atoms with E-state index in [-0.39, 0.29) is 11.9 Å². The van der Waals surface area contributed by atoms with Crippen molar-refractivity contribution in [1.82, 2.24) is 9.03 Å². The van der Waals surface area contributed by atoms with E-state index in [2.05, 4.69) is 4.72 Å². The van der Waals surface area contributed by atoms with Crippen LogP contribution in [0.1, 0.15) is 31.7 Å². The van der Waals surface area contributed by atoms with Crippen LogP contribution >= 0.6 is 0 Å². The van der Waals surface area contributed by atoms with Gasteiger partial charge < -0.3 is 0 Å². The monoisotopic (exact) mass is 300 g/mol. The maximum absolute atomic E-state index is 12.8. The molecule has 1 N–H and O–H groups in total. The molecule has 0 unspecified atom stereocenters. The zero-order chi connectivity index (χ0) is 14.6. The zero-order valence-electron chi connectivity index (χ0n) is 11.7. The second kappa shape index (κ2) is 6.65. The third kappa shape index (κ3) is 4.01. The highest BCUT2D eigenvalue weighted by Crippen LogP contribution is 2.18. The first kappa shape index (κ1) is 15.4. The highest BCUT2D eigenvalue weighted by atomic mass is 32.2. The molecule has 1 atom stereocenters. The number of rotatable bonds is 5. The smallest absolute Gasteiger partial charge is 0.207 e. The van der Waals surface area contributed by atoms with E-state index in [1.165, 1.54) is 12.1 Å². The lowest BCUT2D eigenvalue weighted by Crippen LogP contribution is -2.48. The van der Waals surface area contributed by atoms with Crippen molar-refractivity contribution in [1.29, 1.82) is 0 Å². The summed E-state index contributed by atoms with van der Waals surface area (Å²) in [5.41, 5.74) is 0.917. The second-order valence-electron chi connectivity index (χ2n) is 5.23. The lowest BCUT2D eigenvalue weighted by Gasteiger charge is -2.32. The SMILES string of the molecule is C[C@@H]1CCCCN1S(=O)(=O)NCCc1ccc(F)cc1. The number of halogens is 1. The fourth-order valence-corrected chi connectivity index (χ4v) is 3.96. The Balaban J connectivity index is 1.87. The first-order valence-electron chi connectivity index (χ1n) is 7.00. The largest absolute Gasteiger partial charge is 0.279 e. The Morgan fingerprint density at radius 2 is 2.00 bits per heavy atom. The molecular weight excluding hydrogens is 279 g/mol. The van der Waals surface area contributed by atoms with Gasteiger partial charge in [0.25, 0.3) is 10.2 Å². The Morgan fingerprint density at radius 1 is 1.30 bits per heavy atom. The minimum absolute atomic E-state index is 0.0621. The van der Waals surface area contributed by atoms with Crippen LogP contribution in [0.3, 0.4) is 0 Å². The van der Waals surface area contributed by atoms with E-state index in [0.717, 1.165) is 24.8 Å². The Labute approximate surface area is 120 Å². The van der Waals surface area contributed by atoms with Gasteiger partial charge in [0.05, 0.1) is 0 Å². The standard InChI is InChI=1S/C14H21FN2O2S/c1-12-4-2-3-11-17(12)20(18,19)16-10-9-13-5-7-14(15)8-6-13/h5-8,12,16H,2-4,9-11H2,1H3/t12-/m1/s1. The van der Waals surface area contributed by atoms with Gasteiger partial charge in [0.2, 0.25) is 0 Å². The molecule has 1 aromatic rings. The number of hydrogen-bond acceptors (Lipinski definition) is 2. The van der Waals surface area contributed by atoms with E-state index in [4.69, 9.17) is 0 Å². The van der Waals surface area contributed by atoms with E-state index in [9.17, 15) is 12.8 Å². The summed E-state index contributed by atoms with van der Waals surface area (Å²) in [6.45, 7) is 2.86. The first-order chi connectivity index (χ1) is 9.49. The van der Waals surface area contributed by atoms with Crippen LogP contribution in [-0.4, -0.2) is 31.9 Å². The molecule has 4 nitrogen and oxygen atoms in total. The summed E-state index contributed by atoms with van der Waals surface area (Å²) >= 11 is 0. The third-order valence-electron chi connectivity index (χ3n) is 3.66. The topological polar surface area (TPSA) is 49.4 Å². The number of hydrogen-bond donors (Lipinski definition) is 1. The van der Waals surface area contributed by atoms with Gasteiger partial charge in [-0.25, -0.2) is 9.11 Å². The van der Waals surface area contributed by atoms with Crippen LogP contribution in [0, 0.1) is 5.82 Å². The lowest BCUT2D eigenvalue weighted by atomic mass is 10.1. The molecule has 0 bridgehead atoms. The molecule has 1 aliphatic heterocycles. The van der Waals surface area contributed by atoms with Gasteiger partial charge >= 0.3 is 0 Å². The molecule has 2 rings (SSSR count). The van der Waals surface area contributed by atoms with Crippen LogP contribution < -0.4 is 4.72 Å². The molecule has 0 saturated carbocycles. The van der Waals surface area contributed by atoms with Gasteiger partial charge in [-0.15, -0.1) is 0 Å². The average Bonchev–Trinajstić information content (AvgIpc) is 2.41. The summed E-state index contributed by atoms with van der Waals surface area (Å²) in [5, 5.41) is 0. The summed E-state index contributed by atoms with van der Waals surface area (Å²) in [5.74, 6) is -0.281. The summed E-state index contributed by atoms with van der Waals surface area (Å²) in [4.78, 5) is 0. The van der Waals surface area contributed by atoms with Gasteiger partial charge in [-0.1, -0.05) is 18.6 Å². The minimum Gasteiger partial charge on any atom is -0.207 e. The van der Waals surface area contributed by atoms with Crippen molar-refractivity contribution >= 4 is 10.2 Å². The van der Waals surface area contributed by atoms with Gasteiger partial charge in [0.1, 0.15) is 5.82 Å². The van der Waals surface area contributed by atoms with E-state index >= 15 is 0 Å². The fraction of sp³-hybridized carbons (Fsp3) is 0.571. The highest BCUT2D eigenvalue weighted by Gasteiger charge is 2.28.